The number of hydrogen-bond acceptors (Lipinski definition) is 2. The molecule has 96 valence electrons. The van der Waals surface area contributed by atoms with Gasteiger partial charge in [-0.2, -0.15) is 13.2 Å². The smallest absolute Gasteiger partial charge is 0.364 e. The van der Waals surface area contributed by atoms with Crippen molar-refractivity contribution in [3.8, 4) is 0 Å². The molecule has 0 unspecified atom stereocenters. The van der Waals surface area contributed by atoms with Crippen LogP contribution >= 0.6 is 11.8 Å². The topological polar surface area (TPSA) is 3.24 Å². The second-order valence-corrected chi connectivity index (χ2v) is 4.73. The summed E-state index contributed by atoms with van der Waals surface area (Å²) in [6, 6.07) is 5.71. The molecule has 1 aromatic rings. The van der Waals surface area contributed by atoms with Crippen LogP contribution in [0.1, 0.15) is 11.1 Å². The first-order chi connectivity index (χ1) is 8.57. The van der Waals surface area contributed by atoms with E-state index in [1.807, 2.05) is 28.7 Å². The zero-order valence-electron chi connectivity index (χ0n) is 9.52. The third-order valence-electron chi connectivity index (χ3n) is 2.52. The van der Waals surface area contributed by atoms with Crippen molar-refractivity contribution < 1.29 is 13.2 Å². The van der Waals surface area contributed by atoms with Gasteiger partial charge in [0.05, 0.1) is 11.4 Å². The molecule has 1 heterocycles. The Morgan fingerprint density at radius 2 is 1.94 bits per heavy atom. The van der Waals surface area contributed by atoms with Gasteiger partial charge in [0.15, 0.2) is 0 Å². The fraction of sp³-hybridized carbons (Fsp3) is 0.231. The summed E-state index contributed by atoms with van der Waals surface area (Å²) in [6.45, 7) is 0.265. The fourth-order valence-electron chi connectivity index (χ4n) is 1.71. The van der Waals surface area contributed by atoms with Crippen LogP contribution in [0.15, 0.2) is 48.0 Å². The van der Waals surface area contributed by atoms with E-state index in [0.717, 1.165) is 6.07 Å². The quantitative estimate of drug-likeness (QED) is 0.791. The van der Waals surface area contributed by atoms with Gasteiger partial charge in [-0.05, 0) is 23.1 Å². The number of thioether (sulfide) groups is 1. The van der Waals surface area contributed by atoms with Crippen LogP contribution in [0, 0.1) is 0 Å². The highest BCUT2D eigenvalue weighted by molar-refractivity contribution is 8.02. The van der Waals surface area contributed by atoms with Gasteiger partial charge in [0.25, 0.3) is 0 Å². The molecule has 0 atom stereocenters. The molecule has 1 aliphatic heterocycles. The first kappa shape index (κ1) is 13.1. The average Bonchev–Trinajstić information content (AvgIpc) is 2.57. The maximum Gasteiger partial charge on any atom is 0.416 e. The summed E-state index contributed by atoms with van der Waals surface area (Å²) in [7, 11) is 0. The number of alkyl halides is 3. The van der Waals surface area contributed by atoms with E-state index in [2.05, 4.69) is 0 Å². The largest absolute Gasteiger partial charge is 0.416 e. The molecule has 0 aliphatic carbocycles. The molecule has 0 aromatic heterocycles. The monoisotopic (exact) mass is 271 g/mol. The normalized spacial score (nSPS) is 15.8. The zero-order chi connectivity index (χ0) is 13.0. The number of nitrogens with zero attached hydrogens (tertiary/aromatic N) is 1. The Morgan fingerprint density at radius 3 is 2.72 bits per heavy atom. The van der Waals surface area contributed by atoms with Gasteiger partial charge in [-0.1, -0.05) is 24.3 Å². The van der Waals surface area contributed by atoms with Gasteiger partial charge in [-0.3, -0.25) is 0 Å². The molecule has 0 saturated carbocycles. The number of benzene rings is 1. The summed E-state index contributed by atoms with van der Waals surface area (Å²) in [4.78, 5) is 1.86. The maximum atomic E-state index is 12.8. The molecule has 2 rings (SSSR count). The van der Waals surface area contributed by atoms with E-state index in [4.69, 9.17) is 0 Å². The molecule has 1 aromatic carbocycles. The minimum absolute atomic E-state index is 0.265. The van der Waals surface area contributed by atoms with Crippen molar-refractivity contribution in [2.24, 2.45) is 0 Å². The summed E-state index contributed by atoms with van der Waals surface area (Å²) >= 11 is 1.56. The first-order valence-corrected chi connectivity index (χ1v) is 6.46. The number of hydrogen-bond donors (Lipinski definition) is 0. The van der Waals surface area contributed by atoms with Crippen LogP contribution in [0.3, 0.4) is 0 Å². The Balaban J connectivity index is 2.19. The lowest BCUT2D eigenvalue weighted by molar-refractivity contribution is -0.138. The molecule has 0 radical (unpaired) electrons. The lowest BCUT2D eigenvalue weighted by atomic mass is 10.1. The molecule has 5 heteroatoms. The van der Waals surface area contributed by atoms with Crippen LogP contribution in [0.25, 0.3) is 0 Å². The maximum absolute atomic E-state index is 12.8. The van der Waals surface area contributed by atoms with Crippen molar-refractivity contribution in [1.29, 1.82) is 0 Å². The third kappa shape index (κ3) is 3.32. The molecule has 0 fully saturated rings. The van der Waals surface area contributed by atoms with E-state index >= 15 is 0 Å². The first-order valence-electron chi connectivity index (χ1n) is 5.41. The van der Waals surface area contributed by atoms with Gasteiger partial charge in [-0.15, -0.1) is 11.8 Å². The molecular weight excluding hydrogens is 259 g/mol. The lowest BCUT2D eigenvalue weighted by Gasteiger charge is -2.21. The summed E-state index contributed by atoms with van der Waals surface area (Å²) in [5, 5.41) is 1.92. The predicted molar refractivity (Wildman–Crippen MR) is 67.7 cm³/mol. The molecule has 0 spiro atoms. The van der Waals surface area contributed by atoms with Crippen molar-refractivity contribution >= 4 is 11.8 Å². The Hall–Kier alpha value is -1.36. The Bertz CT molecular complexity index is 466. The molecule has 0 saturated heterocycles. The molecule has 0 N–H and O–H groups in total. The molecule has 1 nitrogen and oxygen atoms in total. The van der Waals surface area contributed by atoms with Crippen molar-refractivity contribution in [2.45, 2.75) is 12.7 Å². The van der Waals surface area contributed by atoms with E-state index in [1.54, 1.807) is 17.8 Å². The predicted octanol–water partition coefficient (Wildman–Crippen LogP) is 4.24. The second-order valence-electron chi connectivity index (χ2n) is 3.87. The van der Waals surface area contributed by atoms with E-state index in [9.17, 15) is 13.2 Å². The Morgan fingerprint density at radius 1 is 1.17 bits per heavy atom. The van der Waals surface area contributed by atoms with Crippen LogP contribution in [0.2, 0.25) is 0 Å². The van der Waals surface area contributed by atoms with E-state index in [-0.39, 0.29) is 6.54 Å². The Labute approximate surface area is 108 Å². The van der Waals surface area contributed by atoms with Crippen LogP contribution in [0.4, 0.5) is 13.2 Å². The minimum Gasteiger partial charge on any atom is -0.364 e. The molecule has 18 heavy (non-hydrogen) atoms. The minimum atomic E-state index is -4.29. The van der Waals surface area contributed by atoms with Crippen molar-refractivity contribution in [1.82, 2.24) is 4.90 Å². The highest BCUT2D eigenvalue weighted by atomic mass is 32.2. The van der Waals surface area contributed by atoms with Gasteiger partial charge in [0.2, 0.25) is 0 Å². The van der Waals surface area contributed by atoms with Gasteiger partial charge in [0, 0.05) is 12.7 Å². The van der Waals surface area contributed by atoms with Gasteiger partial charge >= 0.3 is 6.18 Å². The SMILES string of the molecule is FC(F)(F)c1ccccc1CN1C=CC=CSC1. The van der Waals surface area contributed by atoms with Gasteiger partial charge < -0.3 is 4.90 Å². The molecule has 0 bridgehead atoms. The van der Waals surface area contributed by atoms with E-state index in [0.29, 0.717) is 11.4 Å². The summed E-state index contributed by atoms with van der Waals surface area (Å²) < 4.78 is 38.5. The van der Waals surface area contributed by atoms with Crippen molar-refractivity contribution in [3.63, 3.8) is 0 Å². The number of rotatable bonds is 2. The van der Waals surface area contributed by atoms with Crippen LogP contribution in [-0.2, 0) is 12.7 Å². The lowest BCUT2D eigenvalue weighted by Crippen LogP contribution is -2.18. The van der Waals surface area contributed by atoms with Crippen molar-refractivity contribution in [2.75, 3.05) is 5.88 Å². The highest BCUT2D eigenvalue weighted by Gasteiger charge is 2.33. The third-order valence-corrected chi connectivity index (χ3v) is 3.35. The second kappa shape index (κ2) is 5.52. The van der Waals surface area contributed by atoms with Gasteiger partial charge in [-0.25, -0.2) is 0 Å². The summed E-state index contributed by atoms with van der Waals surface area (Å²) in [5.74, 6) is 0.652. The van der Waals surface area contributed by atoms with Crippen LogP contribution in [-0.4, -0.2) is 10.8 Å². The van der Waals surface area contributed by atoms with E-state index in [1.165, 1.54) is 12.1 Å². The van der Waals surface area contributed by atoms with Gasteiger partial charge in [0.1, 0.15) is 0 Å². The standard InChI is InChI=1S/C13H12F3NS/c14-13(15,16)12-6-2-1-5-11(12)9-17-7-3-4-8-18-10-17/h1-8H,9-10H2. The highest BCUT2D eigenvalue weighted by Crippen LogP contribution is 2.32. The average molecular weight is 271 g/mol. The zero-order valence-corrected chi connectivity index (χ0v) is 10.3. The van der Waals surface area contributed by atoms with E-state index < -0.39 is 11.7 Å². The summed E-state index contributed by atoms with van der Waals surface area (Å²) in [5.41, 5.74) is -0.252. The Kier molecular flexibility index (Phi) is 4.01. The molecule has 0 amide bonds. The molecular formula is C13H12F3NS. The number of halogens is 3. The fourth-order valence-corrected chi connectivity index (χ4v) is 2.36. The van der Waals surface area contributed by atoms with Crippen LogP contribution in [0.5, 0.6) is 0 Å². The number of allylic oxidation sites excluding steroid dienone is 2. The summed E-state index contributed by atoms with van der Waals surface area (Å²) in [6.07, 6.45) is 1.22. The molecule has 1 aliphatic rings. The van der Waals surface area contributed by atoms with Crippen LogP contribution < -0.4 is 0 Å². The van der Waals surface area contributed by atoms with Crippen molar-refractivity contribution in [3.05, 3.63) is 59.2 Å².